The molecule has 0 aliphatic carbocycles. The maximum absolute atomic E-state index is 12.9. The fourth-order valence-electron chi connectivity index (χ4n) is 1.21. The average molecular weight is 289 g/mol. The Morgan fingerprint density at radius 3 is 2.81 bits per heavy atom. The van der Waals surface area contributed by atoms with Crippen LogP contribution < -0.4 is 10.6 Å². The van der Waals surface area contributed by atoms with Crippen LogP contribution in [0, 0.1) is 5.82 Å². The Morgan fingerprint density at radius 1 is 1.44 bits per heavy atom. The molecular formula is C11H14BrFN2O. The molecule has 0 aliphatic rings. The van der Waals surface area contributed by atoms with Gasteiger partial charge in [0.15, 0.2) is 0 Å². The quantitative estimate of drug-likeness (QED) is 0.813. The third-order valence-electron chi connectivity index (χ3n) is 2.07. The van der Waals surface area contributed by atoms with E-state index in [9.17, 15) is 9.18 Å². The highest BCUT2D eigenvalue weighted by Gasteiger charge is 2.07. The number of carbonyl (C=O) groups is 1. The minimum absolute atomic E-state index is 0.184. The molecule has 0 unspecified atom stereocenters. The monoisotopic (exact) mass is 288 g/mol. The van der Waals surface area contributed by atoms with Crippen LogP contribution in [0.1, 0.15) is 16.8 Å². The first kappa shape index (κ1) is 13.1. The summed E-state index contributed by atoms with van der Waals surface area (Å²) in [5.74, 6) is -0.552. The number of hydrogen-bond donors (Lipinski definition) is 2. The molecular weight excluding hydrogens is 275 g/mol. The van der Waals surface area contributed by atoms with E-state index >= 15 is 0 Å². The molecule has 3 nitrogen and oxygen atoms in total. The third kappa shape index (κ3) is 3.90. The molecule has 1 rings (SSSR count). The molecule has 2 N–H and O–H groups in total. The molecule has 88 valence electrons. The van der Waals surface area contributed by atoms with Crippen LogP contribution in [0.2, 0.25) is 0 Å². The van der Waals surface area contributed by atoms with Gasteiger partial charge in [-0.15, -0.1) is 0 Å². The van der Waals surface area contributed by atoms with Gasteiger partial charge in [-0.3, -0.25) is 4.79 Å². The molecule has 1 aromatic rings. The number of benzene rings is 1. The summed E-state index contributed by atoms with van der Waals surface area (Å²) in [5, 5.41) is 5.75. The Kier molecular flexibility index (Phi) is 5.42. The van der Waals surface area contributed by atoms with Crippen LogP contribution in [0.5, 0.6) is 0 Å². The van der Waals surface area contributed by atoms with Crippen molar-refractivity contribution in [1.29, 1.82) is 0 Å². The minimum atomic E-state index is -0.369. The number of halogens is 2. The molecule has 0 aromatic heterocycles. The zero-order valence-corrected chi connectivity index (χ0v) is 10.6. The van der Waals surface area contributed by atoms with Crippen molar-refractivity contribution < 1.29 is 9.18 Å². The topological polar surface area (TPSA) is 41.1 Å². The summed E-state index contributed by atoms with van der Waals surface area (Å²) in [6.45, 7) is 1.46. The lowest BCUT2D eigenvalue weighted by Gasteiger charge is -2.05. The molecule has 1 amide bonds. The van der Waals surface area contributed by atoms with E-state index in [1.807, 2.05) is 7.05 Å². The summed E-state index contributed by atoms with van der Waals surface area (Å²) in [7, 11) is 1.86. The highest BCUT2D eigenvalue weighted by Crippen LogP contribution is 2.16. The highest BCUT2D eigenvalue weighted by atomic mass is 79.9. The smallest absolute Gasteiger partial charge is 0.251 e. The zero-order valence-electron chi connectivity index (χ0n) is 9.02. The lowest BCUT2D eigenvalue weighted by Crippen LogP contribution is -2.26. The van der Waals surface area contributed by atoms with Gasteiger partial charge in [-0.25, -0.2) is 4.39 Å². The van der Waals surface area contributed by atoms with Crippen LogP contribution in [0.3, 0.4) is 0 Å². The van der Waals surface area contributed by atoms with Gasteiger partial charge < -0.3 is 10.6 Å². The maximum Gasteiger partial charge on any atom is 0.251 e. The summed E-state index contributed by atoms with van der Waals surface area (Å²) < 4.78 is 13.2. The highest BCUT2D eigenvalue weighted by molar-refractivity contribution is 9.10. The number of amides is 1. The van der Waals surface area contributed by atoms with Crippen LogP contribution in [0.15, 0.2) is 22.7 Å². The van der Waals surface area contributed by atoms with Gasteiger partial charge in [0.2, 0.25) is 0 Å². The predicted octanol–water partition coefficient (Wildman–Crippen LogP) is 1.93. The minimum Gasteiger partial charge on any atom is -0.352 e. The first-order chi connectivity index (χ1) is 7.65. The Labute approximate surface area is 103 Å². The normalized spacial score (nSPS) is 10.2. The molecule has 0 bridgehead atoms. The fourth-order valence-corrected chi connectivity index (χ4v) is 1.59. The van der Waals surface area contributed by atoms with Crippen molar-refractivity contribution in [2.45, 2.75) is 6.42 Å². The standard InChI is InChI=1S/C11H14BrFN2O/c1-14-5-2-6-15-11(16)8-3-4-10(13)9(12)7-8/h3-4,7,14H,2,5-6H2,1H3,(H,15,16). The van der Waals surface area contributed by atoms with Crippen LogP contribution >= 0.6 is 15.9 Å². The molecule has 0 aliphatic heterocycles. The van der Waals surface area contributed by atoms with Gasteiger partial charge in [0.25, 0.3) is 5.91 Å². The Hall–Kier alpha value is -0.940. The molecule has 0 radical (unpaired) electrons. The van der Waals surface area contributed by atoms with Crippen LogP contribution in [-0.2, 0) is 0 Å². The van der Waals surface area contributed by atoms with Gasteiger partial charge in [-0.1, -0.05) is 0 Å². The van der Waals surface area contributed by atoms with E-state index in [1.165, 1.54) is 18.2 Å². The van der Waals surface area contributed by atoms with E-state index in [-0.39, 0.29) is 11.7 Å². The molecule has 16 heavy (non-hydrogen) atoms. The first-order valence-corrected chi connectivity index (χ1v) is 5.82. The lowest BCUT2D eigenvalue weighted by atomic mass is 10.2. The van der Waals surface area contributed by atoms with E-state index < -0.39 is 0 Å². The number of rotatable bonds is 5. The summed E-state index contributed by atoms with van der Waals surface area (Å²) in [4.78, 5) is 11.6. The van der Waals surface area contributed by atoms with E-state index in [2.05, 4.69) is 26.6 Å². The van der Waals surface area contributed by atoms with Gasteiger partial charge in [0, 0.05) is 12.1 Å². The van der Waals surface area contributed by atoms with Gasteiger partial charge in [-0.2, -0.15) is 0 Å². The second-order valence-corrected chi connectivity index (χ2v) is 4.20. The van der Waals surface area contributed by atoms with E-state index in [0.717, 1.165) is 13.0 Å². The molecule has 0 fully saturated rings. The van der Waals surface area contributed by atoms with Crippen molar-refractivity contribution >= 4 is 21.8 Å². The van der Waals surface area contributed by atoms with Crippen LogP contribution in [-0.4, -0.2) is 26.0 Å². The lowest BCUT2D eigenvalue weighted by molar-refractivity contribution is 0.0953. The summed E-state index contributed by atoms with van der Waals surface area (Å²) in [5.41, 5.74) is 0.456. The summed E-state index contributed by atoms with van der Waals surface area (Å²) in [6, 6.07) is 4.21. The Morgan fingerprint density at radius 2 is 2.19 bits per heavy atom. The summed E-state index contributed by atoms with van der Waals surface area (Å²) >= 11 is 3.04. The summed E-state index contributed by atoms with van der Waals surface area (Å²) in [6.07, 6.45) is 0.866. The zero-order chi connectivity index (χ0) is 12.0. The molecule has 0 saturated heterocycles. The molecule has 0 spiro atoms. The van der Waals surface area contributed by atoms with Crippen molar-refractivity contribution in [3.05, 3.63) is 34.1 Å². The largest absolute Gasteiger partial charge is 0.352 e. The van der Waals surface area contributed by atoms with Crippen LogP contribution in [0.25, 0.3) is 0 Å². The van der Waals surface area contributed by atoms with E-state index in [4.69, 9.17) is 0 Å². The second-order valence-electron chi connectivity index (χ2n) is 3.34. The molecule has 5 heteroatoms. The fraction of sp³-hybridized carbons (Fsp3) is 0.364. The van der Waals surface area contributed by atoms with Gasteiger partial charge in [-0.05, 0) is 54.1 Å². The Bertz CT molecular complexity index is 371. The SMILES string of the molecule is CNCCCNC(=O)c1ccc(F)c(Br)c1. The third-order valence-corrected chi connectivity index (χ3v) is 2.68. The van der Waals surface area contributed by atoms with Crippen molar-refractivity contribution in [3.63, 3.8) is 0 Å². The van der Waals surface area contributed by atoms with Crippen molar-refractivity contribution in [2.75, 3.05) is 20.1 Å². The molecule has 0 saturated carbocycles. The molecule has 0 heterocycles. The number of hydrogen-bond acceptors (Lipinski definition) is 2. The maximum atomic E-state index is 12.9. The number of carbonyl (C=O) groups excluding carboxylic acids is 1. The molecule has 0 atom stereocenters. The number of nitrogens with one attached hydrogen (secondary N) is 2. The van der Waals surface area contributed by atoms with E-state index in [1.54, 1.807) is 0 Å². The average Bonchev–Trinajstić information content (AvgIpc) is 2.28. The van der Waals surface area contributed by atoms with E-state index in [0.29, 0.717) is 16.6 Å². The van der Waals surface area contributed by atoms with Crippen molar-refractivity contribution in [1.82, 2.24) is 10.6 Å². The first-order valence-electron chi connectivity index (χ1n) is 5.03. The van der Waals surface area contributed by atoms with Crippen molar-refractivity contribution in [3.8, 4) is 0 Å². The Balaban J connectivity index is 2.50. The van der Waals surface area contributed by atoms with Crippen molar-refractivity contribution in [2.24, 2.45) is 0 Å². The van der Waals surface area contributed by atoms with Crippen LogP contribution in [0.4, 0.5) is 4.39 Å². The van der Waals surface area contributed by atoms with Gasteiger partial charge in [0.05, 0.1) is 4.47 Å². The van der Waals surface area contributed by atoms with Gasteiger partial charge >= 0.3 is 0 Å². The second kappa shape index (κ2) is 6.60. The van der Waals surface area contributed by atoms with Gasteiger partial charge in [0.1, 0.15) is 5.82 Å². The predicted molar refractivity (Wildman–Crippen MR) is 65.0 cm³/mol. The molecule has 1 aromatic carbocycles.